The fourth-order valence-electron chi connectivity index (χ4n) is 3.01. The van der Waals surface area contributed by atoms with Crippen LogP contribution in [-0.4, -0.2) is 14.8 Å². The monoisotopic (exact) mass is 413 g/mol. The Kier molecular flexibility index (Phi) is 4.28. The zero-order valence-electron chi connectivity index (χ0n) is 13.8. The molecule has 26 heavy (non-hydrogen) atoms. The van der Waals surface area contributed by atoms with Crippen molar-refractivity contribution in [3.05, 3.63) is 76.4 Å². The maximum Gasteiger partial charge on any atom is 0.264 e. The zero-order valence-corrected chi connectivity index (χ0v) is 15.4. The molecular formula is C20H14BrF2N3. The van der Waals surface area contributed by atoms with Crippen LogP contribution < -0.4 is 0 Å². The minimum absolute atomic E-state index is 0.0485. The van der Waals surface area contributed by atoms with Crippen molar-refractivity contribution >= 4 is 27.0 Å². The van der Waals surface area contributed by atoms with Gasteiger partial charge in [0.25, 0.3) is 6.43 Å². The summed E-state index contributed by atoms with van der Waals surface area (Å²) in [6, 6.07) is 18.3. The van der Waals surface area contributed by atoms with Gasteiger partial charge in [-0.3, -0.25) is 0 Å². The number of nitrogens with zero attached hydrogens (tertiary/aromatic N) is 3. The third-order valence-corrected chi connectivity index (χ3v) is 4.75. The highest BCUT2D eigenvalue weighted by atomic mass is 79.9. The molecule has 0 amide bonds. The fraction of sp³-hybridized carbons (Fsp3) is 0.100. The molecule has 0 saturated heterocycles. The maximum atomic E-state index is 13.8. The highest BCUT2D eigenvalue weighted by molar-refractivity contribution is 9.10. The molecule has 2 heterocycles. The Morgan fingerprint density at radius 1 is 1.00 bits per heavy atom. The first-order valence-corrected chi connectivity index (χ1v) is 8.83. The van der Waals surface area contributed by atoms with E-state index in [2.05, 4.69) is 26.0 Å². The number of rotatable bonds is 3. The molecule has 4 rings (SSSR count). The highest BCUT2D eigenvalue weighted by Gasteiger charge is 2.21. The van der Waals surface area contributed by atoms with E-state index < -0.39 is 6.43 Å². The molecule has 0 N–H and O–H groups in total. The number of aromatic nitrogens is 3. The van der Waals surface area contributed by atoms with Crippen LogP contribution in [0.15, 0.2) is 65.1 Å². The SMILES string of the molecule is Cc1nn(-c2ccccc2)c2nc(-c3ccc(Br)cc3)cc(C(F)F)c12. The normalized spacial score (nSPS) is 11.4. The molecule has 6 heteroatoms. The highest BCUT2D eigenvalue weighted by Crippen LogP contribution is 2.34. The average molecular weight is 414 g/mol. The first kappa shape index (κ1) is 16.8. The Hall–Kier alpha value is -2.60. The van der Waals surface area contributed by atoms with E-state index in [4.69, 9.17) is 0 Å². The van der Waals surface area contributed by atoms with Crippen molar-refractivity contribution in [1.29, 1.82) is 0 Å². The van der Waals surface area contributed by atoms with E-state index in [-0.39, 0.29) is 5.56 Å². The van der Waals surface area contributed by atoms with Crippen LogP contribution in [0.2, 0.25) is 0 Å². The molecule has 0 saturated carbocycles. The van der Waals surface area contributed by atoms with Gasteiger partial charge in [0, 0.05) is 15.6 Å². The van der Waals surface area contributed by atoms with Gasteiger partial charge in [0.05, 0.1) is 22.5 Å². The molecule has 0 radical (unpaired) electrons. The number of para-hydroxylation sites is 1. The smallest absolute Gasteiger partial charge is 0.228 e. The van der Waals surface area contributed by atoms with Crippen molar-refractivity contribution in [3.8, 4) is 16.9 Å². The van der Waals surface area contributed by atoms with E-state index >= 15 is 0 Å². The molecule has 2 aromatic carbocycles. The molecule has 0 unspecified atom stereocenters. The molecule has 0 spiro atoms. The van der Waals surface area contributed by atoms with Gasteiger partial charge in [-0.15, -0.1) is 0 Å². The lowest BCUT2D eigenvalue weighted by Gasteiger charge is -2.09. The quantitative estimate of drug-likeness (QED) is 0.406. The standard InChI is InChI=1S/C20H14BrF2N3/c1-12-18-16(19(22)23)11-17(13-7-9-14(21)10-8-13)24-20(18)26(25-12)15-5-3-2-4-6-15/h2-11,19H,1H3. The van der Waals surface area contributed by atoms with Crippen LogP contribution in [0, 0.1) is 6.92 Å². The first-order chi connectivity index (χ1) is 12.5. The Balaban J connectivity index is 2.03. The minimum Gasteiger partial charge on any atom is -0.228 e. The van der Waals surface area contributed by atoms with Crippen molar-refractivity contribution in [2.24, 2.45) is 0 Å². The molecular weight excluding hydrogens is 400 g/mol. The van der Waals surface area contributed by atoms with Gasteiger partial charge in [-0.05, 0) is 37.3 Å². The number of pyridine rings is 1. The van der Waals surface area contributed by atoms with E-state index in [0.717, 1.165) is 15.7 Å². The van der Waals surface area contributed by atoms with Crippen molar-refractivity contribution < 1.29 is 8.78 Å². The van der Waals surface area contributed by atoms with Crippen LogP contribution in [-0.2, 0) is 0 Å². The summed E-state index contributed by atoms with van der Waals surface area (Å²) in [6.07, 6.45) is -2.61. The summed E-state index contributed by atoms with van der Waals surface area (Å²) in [5, 5.41) is 4.87. The lowest BCUT2D eigenvalue weighted by molar-refractivity contribution is 0.153. The summed E-state index contributed by atoms with van der Waals surface area (Å²) >= 11 is 3.39. The van der Waals surface area contributed by atoms with E-state index in [0.29, 0.717) is 22.4 Å². The Morgan fingerprint density at radius 3 is 2.35 bits per heavy atom. The van der Waals surface area contributed by atoms with Crippen molar-refractivity contribution in [3.63, 3.8) is 0 Å². The molecule has 0 fully saturated rings. The first-order valence-electron chi connectivity index (χ1n) is 8.04. The topological polar surface area (TPSA) is 30.7 Å². The Morgan fingerprint density at radius 2 is 1.69 bits per heavy atom. The molecule has 0 aliphatic carbocycles. The minimum atomic E-state index is -2.61. The van der Waals surface area contributed by atoms with Crippen LogP contribution in [0.4, 0.5) is 8.78 Å². The molecule has 0 aliphatic heterocycles. The van der Waals surface area contributed by atoms with Crippen molar-refractivity contribution in [2.45, 2.75) is 13.3 Å². The summed E-state index contributed by atoms with van der Waals surface area (Å²) < 4.78 is 30.1. The lowest BCUT2D eigenvalue weighted by atomic mass is 10.1. The van der Waals surface area contributed by atoms with Crippen LogP contribution in [0.1, 0.15) is 17.7 Å². The molecule has 3 nitrogen and oxygen atoms in total. The predicted molar refractivity (Wildman–Crippen MR) is 102 cm³/mol. The number of halogens is 3. The second-order valence-corrected chi connectivity index (χ2v) is 6.85. The molecule has 2 aromatic heterocycles. The van der Waals surface area contributed by atoms with Crippen LogP contribution >= 0.6 is 15.9 Å². The Bertz CT molecular complexity index is 1070. The predicted octanol–water partition coefficient (Wildman–Crippen LogP) is 6.10. The van der Waals surface area contributed by atoms with Gasteiger partial charge in [0.1, 0.15) is 0 Å². The number of alkyl halides is 2. The van der Waals surface area contributed by atoms with E-state index in [1.807, 2.05) is 54.6 Å². The number of fused-ring (bicyclic) bond motifs is 1. The fourth-order valence-corrected chi connectivity index (χ4v) is 3.28. The number of hydrogen-bond donors (Lipinski definition) is 0. The van der Waals surface area contributed by atoms with Gasteiger partial charge in [-0.25, -0.2) is 18.4 Å². The zero-order chi connectivity index (χ0) is 18.3. The van der Waals surface area contributed by atoms with Crippen molar-refractivity contribution in [1.82, 2.24) is 14.8 Å². The van der Waals surface area contributed by atoms with Gasteiger partial charge >= 0.3 is 0 Å². The van der Waals surface area contributed by atoms with Gasteiger partial charge in [-0.1, -0.05) is 46.3 Å². The summed E-state index contributed by atoms with van der Waals surface area (Å²) in [5.74, 6) is 0. The van der Waals surface area contributed by atoms with Gasteiger partial charge in [0.2, 0.25) is 0 Å². The molecule has 0 bridgehead atoms. The van der Waals surface area contributed by atoms with E-state index in [9.17, 15) is 8.78 Å². The summed E-state index contributed by atoms with van der Waals surface area (Å²) in [6.45, 7) is 1.73. The summed E-state index contributed by atoms with van der Waals surface area (Å²) in [5.41, 5.74) is 2.98. The lowest BCUT2D eigenvalue weighted by Crippen LogP contribution is -1.99. The molecule has 130 valence electrons. The Labute approximate surface area is 157 Å². The average Bonchev–Trinajstić information content (AvgIpc) is 2.99. The number of hydrogen-bond acceptors (Lipinski definition) is 2. The van der Waals surface area contributed by atoms with E-state index in [1.165, 1.54) is 6.07 Å². The third-order valence-electron chi connectivity index (χ3n) is 4.22. The molecule has 0 aliphatic rings. The van der Waals surface area contributed by atoms with Crippen LogP contribution in [0.25, 0.3) is 28.0 Å². The van der Waals surface area contributed by atoms with E-state index in [1.54, 1.807) is 11.6 Å². The molecule has 0 atom stereocenters. The number of aryl methyl sites for hydroxylation is 1. The number of benzene rings is 2. The second-order valence-electron chi connectivity index (χ2n) is 5.94. The van der Waals surface area contributed by atoms with Gasteiger partial charge in [-0.2, -0.15) is 5.10 Å². The molecule has 4 aromatic rings. The summed E-state index contributed by atoms with van der Waals surface area (Å²) in [7, 11) is 0. The summed E-state index contributed by atoms with van der Waals surface area (Å²) in [4.78, 5) is 4.67. The van der Waals surface area contributed by atoms with Crippen molar-refractivity contribution in [2.75, 3.05) is 0 Å². The van der Waals surface area contributed by atoms with Crippen LogP contribution in [0.5, 0.6) is 0 Å². The van der Waals surface area contributed by atoms with Gasteiger partial charge < -0.3 is 0 Å². The maximum absolute atomic E-state index is 13.8. The van der Waals surface area contributed by atoms with Crippen LogP contribution in [0.3, 0.4) is 0 Å². The second kappa shape index (κ2) is 6.61. The van der Waals surface area contributed by atoms with Gasteiger partial charge in [0.15, 0.2) is 5.65 Å². The third kappa shape index (κ3) is 2.90. The largest absolute Gasteiger partial charge is 0.264 e.